The molecule has 3 aromatic heterocycles. The van der Waals surface area contributed by atoms with E-state index in [1.807, 2.05) is 23.2 Å². The molecule has 0 radical (unpaired) electrons. The predicted molar refractivity (Wildman–Crippen MR) is 100.0 cm³/mol. The van der Waals surface area contributed by atoms with Crippen LogP contribution in [0.2, 0.25) is 0 Å². The Morgan fingerprint density at radius 1 is 1.36 bits per heavy atom. The summed E-state index contributed by atoms with van der Waals surface area (Å²) in [6.45, 7) is 4.11. The summed E-state index contributed by atoms with van der Waals surface area (Å²) in [6, 6.07) is 6.56. The largest absolute Gasteiger partial charge is 0.316 e. The molecule has 130 valence electrons. The summed E-state index contributed by atoms with van der Waals surface area (Å²) < 4.78 is 1.90. The fraction of sp³-hybridized carbons (Fsp3) is 0.389. The first-order chi connectivity index (χ1) is 12.2. The lowest BCUT2D eigenvalue weighted by Gasteiger charge is -2.24. The van der Waals surface area contributed by atoms with E-state index in [2.05, 4.69) is 45.6 Å². The highest BCUT2D eigenvalue weighted by Gasteiger charge is 2.28. The molecule has 1 saturated heterocycles. The van der Waals surface area contributed by atoms with Crippen LogP contribution in [-0.4, -0.2) is 31.2 Å². The molecule has 4 heterocycles. The van der Waals surface area contributed by atoms with Crippen molar-refractivity contribution in [3.8, 4) is 0 Å². The Kier molecular flexibility index (Phi) is 4.50. The molecule has 0 spiro atoms. The highest BCUT2D eigenvalue weighted by atomic mass is 32.1. The number of aromatic nitrogens is 4. The van der Waals surface area contributed by atoms with Crippen LogP contribution in [0.25, 0.3) is 0 Å². The van der Waals surface area contributed by atoms with E-state index in [4.69, 9.17) is 4.98 Å². The molecular weight excluding hydrogens is 332 g/mol. The summed E-state index contributed by atoms with van der Waals surface area (Å²) in [5.41, 5.74) is 3.53. The number of nitrogens with one attached hydrogen (secondary N) is 1. The van der Waals surface area contributed by atoms with Gasteiger partial charge in [-0.05, 0) is 38.4 Å². The molecule has 1 aliphatic heterocycles. The standard InChI is InChI=1S/C18H22N6S/c1-13-14(11-23(2)22-13)12-24-9-4-6-16(24)15-5-3-7-17(20-15)21-18-19-8-10-25-18/h3,5,7-8,10-11,16H,4,6,9,12H2,1-2H3,(H,19,20,21). The number of likely N-dealkylation sites (tertiary alicyclic amines) is 1. The highest BCUT2D eigenvalue weighted by Crippen LogP contribution is 2.33. The van der Waals surface area contributed by atoms with Crippen LogP contribution in [0.4, 0.5) is 10.9 Å². The Bertz CT molecular complexity index is 841. The van der Waals surface area contributed by atoms with Crippen molar-refractivity contribution in [1.82, 2.24) is 24.6 Å². The molecule has 3 aromatic rings. The van der Waals surface area contributed by atoms with E-state index in [0.29, 0.717) is 6.04 Å². The molecular formula is C18H22N6S. The van der Waals surface area contributed by atoms with Crippen molar-refractivity contribution in [3.05, 3.63) is 52.9 Å². The molecule has 0 aromatic carbocycles. The maximum Gasteiger partial charge on any atom is 0.188 e. The fourth-order valence-electron chi connectivity index (χ4n) is 3.47. The summed E-state index contributed by atoms with van der Waals surface area (Å²) in [7, 11) is 1.98. The Morgan fingerprint density at radius 3 is 3.04 bits per heavy atom. The van der Waals surface area contributed by atoms with Crippen LogP contribution in [0.5, 0.6) is 0 Å². The molecule has 25 heavy (non-hydrogen) atoms. The van der Waals surface area contributed by atoms with E-state index in [-0.39, 0.29) is 0 Å². The van der Waals surface area contributed by atoms with Gasteiger partial charge >= 0.3 is 0 Å². The first-order valence-electron chi connectivity index (χ1n) is 8.56. The average molecular weight is 354 g/mol. The first kappa shape index (κ1) is 16.2. The Labute approximate surface area is 151 Å². The van der Waals surface area contributed by atoms with E-state index >= 15 is 0 Å². The molecule has 1 N–H and O–H groups in total. The minimum atomic E-state index is 0.359. The SMILES string of the molecule is Cc1nn(C)cc1CN1CCCC1c1cccc(Nc2nccs2)n1. The van der Waals surface area contributed by atoms with Gasteiger partial charge in [-0.3, -0.25) is 9.58 Å². The third-order valence-electron chi connectivity index (χ3n) is 4.63. The zero-order chi connectivity index (χ0) is 17.2. The predicted octanol–water partition coefficient (Wildman–Crippen LogP) is 3.66. The average Bonchev–Trinajstić information content (AvgIpc) is 3.31. The smallest absolute Gasteiger partial charge is 0.188 e. The summed E-state index contributed by atoms with van der Waals surface area (Å²) >= 11 is 1.58. The quantitative estimate of drug-likeness (QED) is 0.758. The lowest BCUT2D eigenvalue weighted by Crippen LogP contribution is -2.23. The summed E-state index contributed by atoms with van der Waals surface area (Å²) in [6.07, 6.45) is 6.27. The van der Waals surface area contributed by atoms with Crippen LogP contribution in [0.3, 0.4) is 0 Å². The number of anilines is 2. The van der Waals surface area contributed by atoms with Gasteiger partial charge in [-0.2, -0.15) is 5.10 Å². The van der Waals surface area contributed by atoms with Gasteiger partial charge in [0.1, 0.15) is 5.82 Å². The van der Waals surface area contributed by atoms with Crippen molar-refractivity contribution in [1.29, 1.82) is 0 Å². The minimum Gasteiger partial charge on any atom is -0.316 e. The van der Waals surface area contributed by atoms with Crippen molar-refractivity contribution >= 4 is 22.3 Å². The number of aryl methyl sites for hydroxylation is 2. The zero-order valence-corrected chi connectivity index (χ0v) is 15.3. The molecule has 7 heteroatoms. The highest BCUT2D eigenvalue weighted by molar-refractivity contribution is 7.13. The lowest BCUT2D eigenvalue weighted by atomic mass is 10.1. The fourth-order valence-corrected chi connectivity index (χ4v) is 4.01. The third kappa shape index (κ3) is 3.57. The number of nitrogens with zero attached hydrogens (tertiary/aromatic N) is 5. The number of thiazole rings is 1. The lowest BCUT2D eigenvalue weighted by molar-refractivity contribution is 0.244. The molecule has 1 fully saturated rings. The van der Waals surface area contributed by atoms with Gasteiger partial charge in [0.15, 0.2) is 5.13 Å². The second-order valence-electron chi connectivity index (χ2n) is 6.45. The third-order valence-corrected chi connectivity index (χ3v) is 5.32. The van der Waals surface area contributed by atoms with Crippen LogP contribution < -0.4 is 5.32 Å². The zero-order valence-electron chi connectivity index (χ0n) is 14.5. The molecule has 0 amide bonds. The second-order valence-corrected chi connectivity index (χ2v) is 7.35. The van der Waals surface area contributed by atoms with E-state index in [0.717, 1.165) is 41.8 Å². The molecule has 1 unspecified atom stereocenters. The normalized spacial score (nSPS) is 17.9. The summed E-state index contributed by atoms with van der Waals surface area (Å²) in [5, 5.41) is 10.6. The van der Waals surface area contributed by atoms with Crippen LogP contribution in [0.15, 0.2) is 36.0 Å². The molecule has 1 aliphatic rings. The number of hydrogen-bond donors (Lipinski definition) is 1. The van der Waals surface area contributed by atoms with Crippen LogP contribution in [0.1, 0.15) is 35.8 Å². The van der Waals surface area contributed by atoms with Crippen molar-refractivity contribution in [3.63, 3.8) is 0 Å². The molecule has 0 bridgehead atoms. The first-order valence-corrected chi connectivity index (χ1v) is 9.43. The van der Waals surface area contributed by atoms with Crippen LogP contribution >= 0.6 is 11.3 Å². The number of hydrogen-bond acceptors (Lipinski definition) is 6. The topological polar surface area (TPSA) is 58.9 Å². The van der Waals surface area contributed by atoms with E-state index in [1.165, 1.54) is 12.0 Å². The Morgan fingerprint density at radius 2 is 2.28 bits per heavy atom. The van der Waals surface area contributed by atoms with Crippen molar-refractivity contribution in [2.24, 2.45) is 7.05 Å². The summed E-state index contributed by atoms with van der Waals surface area (Å²) in [4.78, 5) is 11.6. The van der Waals surface area contributed by atoms with Gasteiger partial charge in [-0.25, -0.2) is 9.97 Å². The van der Waals surface area contributed by atoms with Gasteiger partial charge in [-0.15, -0.1) is 11.3 Å². The summed E-state index contributed by atoms with van der Waals surface area (Å²) in [5.74, 6) is 0.858. The Hall–Kier alpha value is -2.25. The van der Waals surface area contributed by atoms with Gasteiger partial charge in [0.05, 0.1) is 17.4 Å². The van der Waals surface area contributed by atoms with Gasteiger partial charge in [-0.1, -0.05) is 6.07 Å². The minimum absolute atomic E-state index is 0.359. The molecule has 1 atom stereocenters. The van der Waals surface area contributed by atoms with E-state index < -0.39 is 0 Å². The van der Waals surface area contributed by atoms with Gasteiger partial charge in [0, 0.05) is 36.9 Å². The van der Waals surface area contributed by atoms with Crippen molar-refractivity contribution < 1.29 is 0 Å². The van der Waals surface area contributed by atoms with Crippen molar-refractivity contribution in [2.45, 2.75) is 32.4 Å². The maximum absolute atomic E-state index is 4.84. The number of rotatable bonds is 5. The van der Waals surface area contributed by atoms with Crippen LogP contribution in [0, 0.1) is 6.92 Å². The molecule has 4 rings (SSSR count). The maximum atomic E-state index is 4.84. The monoisotopic (exact) mass is 354 g/mol. The molecule has 6 nitrogen and oxygen atoms in total. The number of pyridine rings is 1. The van der Waals surface area contributed by atoms with Crippen molar-refractivity contribution in [2.75, 3.05) is 11.9 Å². The van der Waals surface area contributed by atoms with E-state index in [9.17, 15) is 0 Å². The second kappa shape index (κ2) is 6.93. The van der Waals surface area contributed by atoms with Gasteiger partial charge in [0.2, 0.25) is 0 Å². The Balaban J connectivity index is 1.52. The molecule has 0 saturated carbocycles. The molecule has 0 aliphatic carbocycles. The van der Waals surface area contributed by atoms with E-state index in [1.54, 1.807) is 17.5 Å². The van der Waals surface area contributed by atoms with Gasteiger partial charge < -0.3 is 5.32 Å². The van der Waals surface area contributed by atoms with Gasteiger partial charge in [0.25, 0.3) is 0 Å². The van der Waals surface area contributed by atoms with Crippen LogP contribution in [-0.2, 0) is 13.6 Å².